The van der Waals surface area contributed by atoms with Crippen LogP contribution in [0.1, 0.15) is 109 Å². The lowest BCUT2D eigenvalue weighted by atomic mass is 10.0. The number of fused-ring (bicyclic) bond motifs is 8. The molecule has 8 aromatic heterocycles. The van der Waals surface area contributed by atoms with Gasteiger partial charge in [-0.05, 0) is 207 Å². The number of hydrogen-bond acceptors (Lipinski definition) is 20. The summed E-state index contributed by atoms with van der Waals surface area (Å²) in [5.74, 6) is 5.22. The highest BCUT2D eigenvalue weighted by Crippen LogP contribution is 2.46. The number of nitrogens with zero attached hydrogens (tertiary/aromatic N) is 18. The predicted molar refractivity (Wildman–Crippen MR) is 442 cm³/mol. The Labute approximate surface area is 701 Å². The highest BCUT2D eigenvalue weighted by atomic mass is 79.9. The van der Waals surface area contributed by atoms with Gasteiger partial charge in [-0.15, -0.1) is 0 Å². The van der Waals surface area contributed by atoms with Crippen molar-refractivity contribution in [1.82, 2.24) is 89.5 Å². The number of aryl methyl sites for hydroxylation is 3. The molecule has 594 valence electrons. The first-order valence-corrected chi connectivity index (χ1v) is 41.3. The van der Waals surface area contributed by atoms with Crippen molar-refractivity contribution in [2.75, 3.05) is 26.2 Å². The second-order valence-corrected chi connectivity index (χ2v) is 33.5. The average Bonchev–Trinajstić information content (AvgIpc) is 1.64. The number of rotatable bonds is 16. The Balaban J connectivity index is 0.000000112. The Morgan fingerprint density at radius 1 is 0.342 bits per heavy atom. The van der Waals surface area contributed by atoms with Gasteiger partial charge < -0.3 is 38.5 Å². The Bertz CT molecular complexity index is 5550. The molecule has 4 amide bonds. The summed E-state index contributed by atoms with van der Waals surface area (Å²) in [5.41, 5.74) is 8.51. The molecule has 12 atom stereocenters. The highest BCUT2D eigenvalue weighted by Gasteiger charge is 2.53. The minimum atomic E-state index is -0.0672. The van der Waals surface area contributed by atoms with Crippen molar-refractivity contribution in [2.24, 2.45) is 23.7 Å². The van der Waals surface area contributed by atoms with E-state index in [-0.39, 0.29) is 72.2 Å². The van der Waals surface area contributed by atoms with Crippen LogP contribution in [0.5, 0.6) is 23.5 Å². The molecule has 0 N–H and O–H groups in total. The van der Waals surface area contributed by atoms with Gasteiger partial charge in [0, 0.05) is 120 Å². The molecule has 12 aromatic rings. The topological polar surface area (TPSA) is 283 Å². The van der Waals surface area contributed by atoms with Crippen LogP contribution in [0.2, 0.25) is 10.0 Å². The van der Waals surface area contributed by atoms with Gasteiger partial charge in [0.1, 0.15) is 24.4 Å². The van der Waals surface area contributed by atoms with Crippen molar-refractivity contribution < 1.29 is 38.1 Å². The largest absolute Gasteiger partial charge is 0.472 e. The predicted octanol–water partition coefficient (Wildman–Crippen LogP) is 14.9. The third-order valence-electron chi connectivity index (χ3n) is 22.8. The fourth-order valence-electron chi connectivity index (χ4n) is 17.7. The van der Waals surface area contributed by atoms with E-state index in [1.807, 2.05) is 143 Å². The third-order valence-corrected chi connectivity index (χ3v) is 24.2. The number of ether oxygens (including phenoxy) is 4. The summed E-state index contributed by atoms with van der Waals surface area (Å²) in [6.45, 7) is 9.00. The molecule has 8 bridgehead atoms. The van der Waals surface area contributed by atoms with Gasteiger partial charge in [0.05, 0.1) is 92.6 Å². The van der Waals surface area contributed by atoms with Crippen molar-refractivity contribution in [3.8, 4) is 57.7 Å². The molecule has 8 fully saturated rings. The minimum absolute atomic E-state index is 0.00846. The van der Waals surface area contributed by atoms with Crippen LogP contribution < -0.4 is 18.9 Å². The number of carbonyl (C=O) groups is 4. The number of likely N-dealkylation sites (tertiary alicyclic amines) is 4. The summed E-state index contributed by atoms with van der Waals surface area (Å²) in [7, 11) is 0. The molecule has 4 saturated heterocycles. The van der Waals surface area contributed by atoms with Crippen LogP contribution in [0.3, 0.4) is 0 Å². The smallest absolute Gasteiger partial charge is 0.256 e. The van der Waals surface area contributed by atoms with Crippen LogP contribution in [-0.4, -0.2) is 188 Å². The quantitative estimate of drug-likeness (QED) is 0.0868. The lowest BCUT2D eigenvalue weighted by Gasteiger charge is -2.33. The van der Waals surface area contributed by atoms with Crippen molar-refractivity contribution in [3.63, 3.8) is 0 Å². The molecular weight excluding hydrogens is 1660 g/mol. The Hall–Kier alpha value is -11.5. The monoisotopic (exact) mass is 1730 g/mol. The fourth-order valence-corrected chi connectivity index (χ4v) is 18.4. The van der Waals surface area contributed by atoms with E-state index in [9.17, 15) is 19.2 Å². The number of aromatic nitrogens is 14. The Morgan fingerprint density at radius 3 is 1.12 bits per heavy atom. The van der Waals surface area contributed by atoms with Gasteiger partial charge in [-0.2, -0.15) is 30.0 Å². The first-order valence-electron chi connectivity index (χ1n) is 39.0. The lowest BCUT2D eigenvalue weighted by molar-refractivity contribution is 0.0463. The second-order valence-electron chi connectivity index (χ2n) is 30.8. The van der Waals surface area contributed by atoms with E-state index >= 15 is 0 Å². The van der Waals surface area contributed by atoms with Gasteiger partial charge >= 0.3 is 0 Å². The van der Waals surface area contributed by atoms with Crippen molar-refractivity contribution in [2.45, 2.75) is 121 Å². The van der Waals surface area contributed by atoms with Crippen LogP contribution in [0, 0.1) is 44.4 Å². The molecule has 4 aliphatic heterocycles. The number of para-hydroxylation sites is 1. The molecular formula is C87H80Br2Cl2N18O8. The molecule has 0 radical (unpaired) electrons. The van der Waals surface area contributed by atoms with E-state index in [1.165, 1.54) is 9.59 Å². The van der Waals surface area contributed by atoms with E-state index in [4.69, 9.17) is 42.1 Å². The van der Waals surface area contributed by atoms with E-state index in [1.54, 1.807) is 111 Å². The summed E-state index contributed by atoms with van der Waals surface area (Å²) < 4.78 is 26.4. The summed E-state index contributed by atoms with van der Waals surface area (Å²) in [4.78, 5) is 99.4. The molecule has 8 aliphatic rings. The summed E-state index contributed by atoms with van der Waals surface area (Å²) in [5, 5.41) is 17.9. The van der Waals surface area contributed by atoms with Crippen LogP contribution in [0.25, 0.3) is 34.2 Å². The van der Waals surface area contributed by atoms with Crippen LogP contribution in [0.15, 0.2) is 223 Å². The lowest BCUT2D eigenvalue weighted by Crippen LogP contribution is -2.47. The van der Waals surface area contributed by atoms with E-state index in [0.717, 1.165) is 114 Å². The zero-order valence-corrected chi connectivity index (χ0v) is 68.6. The number of pyridine rings is 4. The van der Waals surface area contributed by atoms with E-state index in [0.29, 0.717) is 103 Å². The van der Waals surface area contributed by atoms with Crippen molar-refractivity contribution in [3.05, 3.63) is 272 Å². The van der Waals surface area contributed by atoms with Crippen LogP contribution >= 0.6 is 55.1 Å². The van der Waals surface area contributed by atoms with E-state index in [2.05, 4.69) is 92.1 Å². The highest BCUT2D eigenvalue weighted by molar-refractivity contribution is 9.10. The molecule has 0 spiro atoms. The second kappa shape index (κ2) is 34.4. The third kappa shape index (κ3) is 17.2. The van der Waals surface area contributed by atoms with Gasteiger partial charge in [-0.3, -0.25) is 19.2 Å². The first kappa shape index (κ1) is 78.1. The number of benzene rings is 4. The minimum Gasteiger partial charge on any atom is -0.472 e. The maximum Gasteiger partial charge on any atom is 0.256 e. The van der Waals surface area contributed by atoms with E-state index < -0.39 is 0 Å². The molecule has 117 heavy (non-hydrogen) atoms. The number of halogens is 4. The maximum atomic E-state index is 13.6. The normalized spacial score (nSPS) is 22.7. The molecule has 20 rings (SSSR count). The average molecular weight is 1740 g/mol. The zero-order valence-electron chi connectivity index (χ0n) is 63.9. The fraction of sp³-hybridized carbons (Fsp3) is 0.310. The molecule has 12 heterocycles. The summed E-state index contributed by atoms with van der Waals surface area (Å²) >= 11 is 18.6. The van der Waals surface area contributed by atoms with Crippen molar-refractivity contribution >= 4 is 78.7 Å². The van der Waals surface area contributed by atoms with Crippen molar-refractivity contribution in [1.29, 1.82) is 0 Å². The maximum absolute atomic E-state index is 13.6. The van der Waals surface area contributed by atoms with Gasteiger partial charge in [0.15, 0.2) is 11.6 Å². The zero-order chi connectivity index (χ0) is 80.4. The Morgan fingerprint density at radius 2 is 0.701 bits per heavy atom. The standard InChI is InChI=1S/2C23H21BrN4O2.C21H20ClN5O2.C20H18ClN5O2/c1-14-3-5-17(18(9-14)22-25-7-2-8-26-22)23(29)28-13-15-10-19(28)20(11-15)30-21-6-4-16(24)12-27-21;1-14-3-5-17(22-25-7-2-8-26-22)18(9-14)23(29)28-13-15-10-19(28)20(11-15)30-21-6-4-16(24)12-27-21;1-13-2-4-17(27-24-6-7-25-27)16(8-13)21(28)26-12-14-9-18(26)19(10-14)29-20-5-3-15(22)11-23-20;21-14-5-6-19(22-11-14)28-18-10-13-9-17(18)25(12-13)20(27)15-3-1-2-4-16(15)26-23-7-8-24-26/h2*2-9,12,15,19-20H,10-11,13H2,1H3;2-8,11,14,18-19H,9-10,12H2,1H3;1-8,11,13,17-18H,9-10,12H2. The van der Waals surface area contributed by atoms with Gasteiger partial charge in [0.25, 0.3) is 23.6 Å². The number of amides is 4. The molecule has 30 heteroatoms. The summed E-state index contributed by atoms with van der Waals surface area (Å²) in [6.07, 6.45) is 27.2. The SMILES string of the molecule is Cc1ccc(-c2ncccn2)c(C(=O)N2CC3CC(Oc4ccc(Br)cn4)C2C3)c1.Cc1ccc(-n2nccn2)c(C(=O)N2CC3CC(Oc4ccc(Cl)cn4)C2C3)c1.Cc1ccc(C(=O)N2CC3CC(Oc4ccc(Br)cn4)C2C3)c(-c2ncccn2)c1.O=C(c1ccccc1-n1nccn1)N1CC2CC(Oc3ccc(Cl)cn3)C1C2. The van der Waals surface area contributed by atoms with Crippen LogP contribution in [-0.2, 0) is 0 Å². The first-order chi connectivity index (χ1) is 56.9. The molecule has 4 aliphatic carbocycles. The van der Waals surface area contributed by atoms with Gasteiger partial charge in [0.2, 0.25) is 23.5 Å². The molecule has 26 nitrogen and oxygen atoms in total. The van der Waals surface area contributed by atoms with Crippen LogP contribution in [0.4, 0.5) is 0 Å². The number of carbonyl (C=O) groups excluding carboxylic acids is 4. The Kier molecular flexibility index (Phi) is 22.9. The molecule has 4 saturated carbocycles. The number of hydrogen-bond donors (Lipinski definition) is 0. The molecule has 12 unspecified atom stereocenters. The molecule has 4 aromatic carbocycles. The van der Waals surface area contributed by atoms with Gasteiger partial charge in [-0.1, -0.05) is 76.3 Å². The number of piperidine rings is 4. The van der Waals surface area contributed by atoms with Gasteiger partial charge in [-0.25, -0.2) is 39.9 Å². The summed E-state index contributed by atoms with van der Waals surface area (Å²) in [6, 6.07) is 43.2.